The van der Waals surface area contributed by atoms with Gasteiger partial charge in [0.15, 0.2) is 11.5 Å². The highest BCUT2D eigenvalue weighted by atomic mass is 35.5. The molecule has 2 aliphatic rings. The van der Waals surface area contributed by atoms with Crippen LogP contribution >= 0.6 is 11.6 Å². The van der Waals surface area contributed by atoms with Gasteiger partial charge in [-0.3, -0.25) is 0 Å². The first-order valence-corrected chi connectivity index (χ1v) is 10.1. The molecular weight excluding hydrogens is 409 g/mol. The van der Waals surface area contributed by atoms with E-state index in [9.17, 15) is 14.3 Å². The summed E-state index contributed by atoms with van der Waals surface area (Å²) in [6.45, 7) is 6.40. The van der Waals surface area contributed by atoms with E-state index in [0.717, 1.165) is 11.1 Å². The van der Waals surface area contributed by atoms with E-state index < -0.39 is 18.2 Å². The molecule has 1 amide bonds. The van der Waals surface area contributed by atoms with Gasteiger partial charge in [-0.05, 0) is 41.7 Å². The number of ether oxygens (including phenoxy) is 2. The molecule has 5 nitrogen and oxygen atoms in total. The molecule has 2 atom stereocenters. The van der Waals surface area contributed by atoms with Crippen molar-refractivity contribution in [3.8, 4) is 11.5 Å². The Morgan fingerprint density at radius 1 is 1.23 bits per heavy atom. The highest BCUT2D eigenvalue weighted by Gasteiger charge is 2.38. The summed E-state index contributed by atoms with van der Waals surface area (Å²) in [4.78, 5) is 13.2. The summed E-state index contributed by atoms with van der Waals surface area (Å²) < 4.78 is 26.2. The summed E-state index contributed by atoms with van der Waals surface area (Å²) in [7, 11) is 0. The van der Waals surface area contributed by atoms with E-state index >= 15 is 0 Å². The van der Waals surface area contributed by atoms with Gasteiger partial charge in [-0.25, -0.2) is 9.18 Å². The lowest BCUT2D eigenvalue weighted by atomic mass is 9.79. The molecule has 4 rings (SSSR count). The van der Waals surface area contributed by atoms with Gasteiger partial charge in [-0.15, -0.1) is 0 Å². The molecule has 0 saturated heterocycles. The van der Waals surface area contributed by atoms with Crippen LogP contribution < -0.4 is 9.47 Å². The number of hydrogen-bond acceptors (Lipinski definition) is 3. The number of fused-ring (bicyclic) bond motifs is 1. The molecule has 30 heavy (non-hydrogen) atoms. The van der Waals surface area contributed by atoms with Crippen LogP contribution in [0.5, 0.6) is 11.5 Å². The minimum atomic E-state index is -0.929. The predicted octanol–water partition coefficient (Wildman–Crippen LogP) is 6.13. The SMILES string of the molecule is CC(C)(C)C1CC(c2cccc3c2OC(c2ccc(Cl)cc2F)O3)=CCN1C(=O)O. The zero-order valence-electron chi connectivity index (χ0n) is 17.0. The zero-order chi connectivity index (χ0) is 21.6. The average Bonchev–Trinajstić information content (AvgIpc) is 3.10. The molecule has 0 radical (unpaired) electrons. The van der Waals surface area contributed by atoms with Gasteiger partial charge in [0, 0.05) is 23.2 Å². The van der Waals surface area contributed by atoms with Crippen molar-refractivity contribution in [1.82, 2.24) is 4.90 Å². The van der Waals surface area contributed by atoms with Crippen molar-refractivity contribution in [2.24, 2.45) is 5.41 Å². The summed E-state index contributed by atoms with van der Waals surface area (Å²) >= 11 is 5.85. The first-order valence-electron chi connectivity index (χ1n) is 9.75. The molecule has 2 aromatic rings. The molecule has 0 bridgehead atoms. The van der Waals surface area contributed by atoms with Crippen LogP contribution in [-0.2, 0) is 0 Å². The Morgan fingerprint density at radius 2 is 2.00 bits per heavy atom. The predicted molar refractivity (Wildman–Crippen MR) is 112 cm³/mol. The maximum atomic E-state index is 14.4. The monoisotopic (exact) mass is 431 g/mol. The second kappa shape index (κ2) is 7.51. The quantitative estimate of drug-likeness (QED) is 0.621. The summed E-state index contributed by atoms with van der Waals surface area (Å²) in [5.74, 6) is 0.573. The lowest BCUT2D eigenvalue weighted by molar-refractivity contribution is 0.0452. The van der Waals surface area contributed by atoms with E-state index in [4.69, 9.17) is 21.1 Å². The van der Waals surface area contributed by atoms with E-state index in [1.54, 1.807) is 18.2 Å². The van der Waals surface area contributed by atoms with Crippen molar-refractivity contribution < 1.29 is 23.8 Å². The van der Waals surface area contributed by atoms with Crippen LogP contribution in [0.25, 0.3) is 5.57 Å². The number of amides is 1. The number of rotatable bonds is 2. The van der Waals surface area contributed by atoms with Crippen LogP contribution in [0.3, 0.4) is 0 Å². The molecule has 0 saturated carbocycles. The van der Waals surface area contributed by atoms with Crippen molar-refractivity contribution >= 4 is 23.3 Å². The van der Waals surface area contributed by atoms with Crippen molar-refractivity contribution in [3.63, 3.8) is 0 Å². The van der Waals surface area contributed by atoms with Crippen LogP contribution in [0.1, 0.15) is 44.6 Å². The first-order chi connectivity index (χ1) is 14.1. The van der Waals surface area contributed by atoms with Crippen LogP contribution in [0, 0.1) is 11.2 Å². The fourth-order valence-electron chi connectivity index (χ4n) is 3.99. The number of hydrogen-bond donors (Lipinski definition) is 1. The van der Waals surface area contributed by atoms with E-state index in [1.807, 2.05) is 39.0 Å². The molecule has 0 fully saturated rings. The van der Waals surface area contributed by atoms with Crippen molar-refractivity contribution in [1.29, 1.82) is 0 Å². The smallest absolute Gasteiger partial charge is 0.407 e. The lowest BCUT2D eigenvalue weighted by Crippen LogP contribution is -2.48. The summed E-state index contributed by atoms with van der Waals surface area (Å²) in [5.41, 5.74) is 1.86. The average molecular weight is 432 g/mol. The number of carboxylic acid groups (broad SMARTS) is 1. The molecule has 7 heteroatoms. The number of benzene rings is 2. The Morgan fingerprint density at radius 3 is 2.67 bits per heavy atom. The molecule has 2 heterocycles. The second-order valence-electron chi connectivity index (χ2n) is 8.62. The molecule has 2 unspecified atom stereocenters. The molecular formula is C23H23ClFNO4. The van der Waals surface area contributed by atoms with Gasteiger partial charge in [0.05, 0.1) is 5.56 Å². The Labute approximate surface area is 179 Å². The first kappa shape index (κ1) is 20.5. The third-order valence-electron chi connectivity index (χ3n) is 5.57. The van der Waals surface area contributed by atoms with E-state index in [0.29, 0.717) is 29.5 Å². The fraction of sp³-hybridized carbons (Fsp3) is 0.348. The number of carbonyl (C=O) groups is 1. The minimum Gasteiger partial charge on any atom is -0.465 e. The van der Waals surface area contributed by atoms with Crippen LogP contribution in [0.15, 0.2) is 42.5 Å². The Balaban J connectivity index is 1.66. The third-order valence-corrected chi connectivity index (χ3v) is 5.80. The standard InChI is InChI=1S/C23H23ClFNO4/c1-23(2,3)19-11-13(9-10-26(19)22(27)28)15-5-4-6-18-20(15)30-21(29-18)16-8-7-14(24)12-17(16)25/h4-9,12,19,21H,10-11H2,1-3H3,(H,27,28). The van der Waals surface area contributed by atoms with Crippen molar-refractivity contribution in [2.45, 2.75) is 39.5 Å². The molecule has 158 valence electrons. The molecule has 1 N–H and O–H groups in total. The number of para-hydroxylation sites is 1. The maximum Gasteiger partial charge on any atom is 0.407 e. The van der Waals surface area contributed by atoms with Gasteiger partial charge in [0.2, 0.25) is 0 Å². The van der Waals surface area contributed by atoms with Crippen LogP contribution in [0.4, 0.5) is 9.18 Å². The van der Waals surface area contributed by atoms with Gasteiger partial charge in [0.25, 0.3) is 6.29 Å². The Bertz CT molecular complexity index is 1030. The van der Waals surface area contributed by atoms with Gasteiger partial charge < -0.3 is 19.5 Å². The van der Waals surface area contributed by atoms with Crippen LogP contribution in [-0.4, -0.2) is 28.7 Å². The normalized spacial score (nSPS) is 20.8. The van der Waals surface area contributed by atoms with Gasteiger partial charge >= 0.3 is 6.09 Å². The third kappa shape index (κ3) is 3.72. The highest BCUT2D eigenvalue weighted by molar-refractivity contribution is 6.30. The Kier molecular flexibility index (Phi) is 5.14. The van der Waals surface area contributed by atoms with Crippen molar-refractivity contribution in [2.75, 3.05) is 6.54 Å². The minimum absolute atomic E-state index is 0.183. The summed E-state index contributed by atoms with van der Waals surface area (Å²) in [6.07, 6.45) is 0.624. The van der Waals surface area contributed by atoms with Crippen molar-refractivity contribution in [3.05, 3.63) is 64.4 Å². The number of nitrogens with zero attached hydrogens (tertiary/aromatic N) is 1. The fourth-order valence-corrected chi connectivity index (χ4v) is 4.15. The molecule has 0 aromatic heterocycles. The summed E-state index contributed by atoms with van der Waals surface area (Å²) in [5, 5.41) is 9.90. The number of halogens is 2. The maximum absolute atomic E-state index is 14.4. The van der Waals surface area contributed by atoms with E-state index in [1.165, 1.54) is 11.0 Å². The zero-order valence-corrected chi connectivity index (χ0v) is 17.7. The Hall–Kier alpha value is -2.73. The molecule has 0 spiro atoms. The van der Waals surface area contributed by atoms with E-state index in [2.05, 4.69) is 0 Å². The topological polar surface area (TPSA) is 59.0 Å². The second-order valence-corrected chi connectivity index (χ2v) is 9.05. The highest BCUT2D eigenvalue weighted by Crippen LogP contribution is 2.47. The van der Waals surface area contributed by atoms with Gasteiger partial charge in [-0.1, -0.05) is 50.6 Å². The van der Waals surface area contributed by atoms with Gasteiger partial charge in [-0.2, -0.15) is 0 Å². The van der Waals surface area contributed by atoms with Gasteiger partial charge in [0.1, 0.15) is 5.82 Å². The lowest BCUT2D eigenvalue weighted by Gasteiger charge is -2.41. The molecule has 0 aliphatic carbocycles. The molecule has 2 aromatic carbocycles. The largest absolute Gasteiger partial charge is 0.465 e. The summed E-state index contributed by atoms with van der Waals surface area (Å²) in [6, 6.07) is 9.74. The van der Waals surface area contributed by atoms with E-state index in [-0.39, 0.29) is 17.0 Å². The van der Waals surface area contributed by atoms with Crippen LogP contribution in [0.2, 0.25) is 5.02 Å². The molecule has 2 aliphatic heterocycles.